The summed E-state index contributed by atoms with van der Waals surface area (Å²) in [4.78, 5) is 3.86. The van der Waals surface area contributed by atoms with Crippen molar-refractivity contribution in [3.05, 3.63) is 48.2 Å². The maximum absolute atomic E-state index is 12.1. The third-order valence-corrected chi connectivity index (χ3v) is 3.65. The van der Waals surface area contributed by atoms with Crippen LogP contribution in [0.4, 0.5) is 11.5 Å². The number of hydrogen-bond acceptors (Lipinski definition) is 5. The molecule has 6 nitrogen and oxygen atoms in total. The highest BCUT2D eigenvalue weighted by atomic mass is 32.2. The summed E-state index contributed by atoms with van der Waals surface area (Å²) in [5.41, 5.74) is 6.17. The van der Waals surface area contributed by atoms with Gasteiger partial charge in [-0.05, 0) is 30.3 Å². The number of anilines is 2. The Morgan fingerprint density at radius 1 is 1.26 bits per heavy atom. The molecule has 7 heteroatoms. The smallest absolute Gasteiger partial charge is 0.263 e. The summed E-state index contributed by atoms with van der Waals surface area (Å²) in [5, 5.41) is 8.76. The maximum Gasteiger partial charge on any atom is 0.263 e. The molecule has 0 aliphatic rings. The van der Waals surface area contributed by atoms with E-state index in [9.17, 15) is 8.42 Å². The van der Waals surface area contributed by atoms with Crippen LogP contribution in [0.1, 0.15) is 5.56 Å². The minimum absolute atomic E-state index is 0.00479. The Bertz CT molecular complexity index is 733. The first-order valence-electron chi connectivity index (χ1n) is 5.26. The highest BCUT2D eigenvalue weighted by Crippen LogP contribution is 2.16. The third-order valence-electron chi connectivity index (χ3n) is 2.30. The number of nitriles is 1. The molecule has 1 aromatic carbocycles. The van der Waals surface area contributed by atoms with Gasteiger partial charge < -0.3 is 5.73 Å². The summed E-state index contributed by atoms with van der Waals surface area (Å²) in [5.74, 6) is 0.163. The standard InChI is InChI=1S/C12H10N4O2S/c13-7-9-2-1-3-11(6-9)19(17,18)16-12-5-4-10(14)8-15-12/h1-6,8H,14H2,(H,15,16). The van der Waals surface area contributed by atoms with Crippen LogP contribution in [0.25, 0.3) is 0 Å². The maximum atomic E-state index is 12.1. The number of pyridine rings is 1. The van der Waals surface area contributed by atoms with Crippen molar-refractivity contribution in [2.45, 2.75) is 4.90 Å². The molecule has 0 unspecified atom stereocenters. The monoisotopic (exact) mass is 274 g/mol. The molecule has 0 saturated heterocycles. The molecule has 0 radical (unpaired) electrons. The van der Waals surface area contributed by atoms with Crippen LogP contribution in [-0.2, 0) is 10.0 Å². The van der Waals surface area contributed by atoms with Crippen molar-refractivity contribution in [2.24, 2.45) is 0 Å². The van der Waals surface area contributed by atoms with E-state index in [4.69, 9.17) is 11.0 Å². The number of benzene rings is 1. The van der Waals surface area contributed by atoms with E-state index in [1.54, 1.807) is 0 Å². The number of sulfonamides is 1. The average molecular weight is 274 g/mol. The van der Waals surface area contributed by atoms with Gasteiger partial charge in [0.1, 0.15) is 5.82 Å². The van der Waals surface area contributed by atoms with E-state index in [0.29, 0.717) is 5.69 Å². The van der Waals surface area contributed by atoms with E-state index < -0.39 is 10.0 Å². The molecule has 2 rings (SSSR count). The van der Waals surface area contributed by atoms with E-state index >= 15 is 0 Å². The molecule has 0 atom stereocenters. The number of nitrogens with zero attached hydrogens (tertiary/aromatic N) is 2. The molecular formula is C12H10N4O2S. The fourth-order valence-electron chi connectivity index (χ4n) is 1.40. The molecular weight excluding hydrogens is 264 g/mol. The van der Waals surface area contributed by atoms with E-state index in [1.165, 1.54) is 42.6 Å². The zero-order chi connectivity index (χ0) is 13.9. The number of nitrogens with two attached hydrogens (primary N) is 1. The minimum Gasteiger partial charge on any atom is -0.397 e. The molecule has 19 heavy (non-hydrogen) atoms. The number of aromatic nitrogens is 1. The summed E-state index contributed by atoms with van der Waals surface area (Å²) >= 11 is 0. The molecule has 0 spiro atoms. The van der Waals surface area contributed by atoms with Gasteiger partial charge in [-0.25, -0.2) is 13.4 Å². The van der Waals surface area contributed by atoms with Crippen molar-refractivity contribution in [1.82, 2.24) is 4.98 Å². The van der Waals surface area contributed by atoms with Crippen molar-refractivity contribution >= 4 is 21.5 Å². The molecule has 3 N–H and O–H groups in total. The second-order valence-corrected chi connectivity index (χ2v) is 5.40. The van der Waals surface area contributed by atoms with Crippen molar-refractivity contribution < 1.29 is 8.42 Å². The predicted octanol–water partition coefficient (Wildman–Crippen LogP) is 1.34. The number of hydrogen-bond donors (Lipinski definition) is 2. The Morgan fingerprint density at radius 3 is 2.68 bits per heavy atom. The van der Waals surface area contributed by atoms with Gasteiger partial charge in [0.05, 0.1) is 28.4 Å². The molecule has 0 amide bonds. The predicted molar refractivity (Wildman–Crippen MR) is 70.6 cm³/mol. The Labute approximate surface area is 110 Å². The largest absolute Gasteiger partial charge is 0.397 e. The molecule has 0 saturated carbocycles. The van der Waals surface area contributed by atoms with Gasteiger partial charge in [0.25, 0.3) is 10.0 Å². The molecule has 2 aromatic rings. The number of nitrogen functional groups attached to an aromatic ring is 1. The fourth-order valence-corrected chi connectivity index (χ4v) is 2.45. The van der Waals surface area contributed by atoms with E-state index in [-0.39, 0.29) is 16.3 Å². The Kier molecular flexibility index (Phi) is 3.35. The average Bonchev–Trinajstić information content (AvgIpc) is 2.41. The van der Waals surface area contributed by atoms with Crippen molar-refractivity contribution in [1.29, 1.82) is 5.26 Å². The van der Waals surface area contributed by atoms with Crippen LogP contribution in [-0.4, -0.2) is 13.4 Å². The van der Waals surface area contributed by atoms with E-state index in [1.807, 2.05) is 6.07 Å². The first-order chi connectivity index (χ1) is 9.01. The normalized spacial score (nSPS) is 10.7. The second kappa shape index (κ2) is 4.96. The van der Waals surface area contributed by atoms with Gasteiger partial charge in [-0.1, -0.05) is 6.07 Å². The summed E-state index contributed by atoms with van der Waals surface area (Å²) in [6, 6.07) is 10.6. The Hall–Kier alpha value is -2.59. The molecule has 1 heterocycles. The minimum atomic E-state index is -3.76. The number of rotatable bonds is 3. The van der Waals surface area contributed by atoms with Gasteiger partial charge in [0.2, 0.25) is 0 Å². The van der Waals surface area contributed by atoms with Crippen LogP contribution >= 0.6 is 0 Å². The van der Waals surface area contributed by atoms with Crippen molar-refractivity contribution in [2.75, 3.05) is 10.5 Å². The Balaban J connectivity index is 2.32. The Morgan fingerprint density at radius 2 is 2.05 bits per heavy atom. The van der Waals surface area contributed by atoms with Gasteiger partial charge >= 0.3 is 0 Å². The lowest BCUT2D eigenvalue weighted by atomic mass is 10.2. The van der Waals surface area contributed by atoms with Gasteiger partial charge in [-0.2, -0.15) is 5.26 Å². The van der Waals surface area contributed by atoms with Crippen LogP contribution in [0.5, 0.6) is 0 Å². The summed E-state index contributed by atoms with van der Waals surface area (Å²) in [6.45, 7) is 0. The molecule has 0 aliphatic carbocycles. The lowest BCUT2D eigenvalue weighted by Crippen LogP contribution is -2.14. The first kappa shape index (κ1) is 12.9. The first-order valence-corrected chi connectivity index (χ1v) is 6.74. The van der Waals surface area contributed by atoms with Crippen molar-refractivity contribution in [3.63, 3.8) is 0 Å². The molecule has 96 valence electrons. The van der Waals surface area contributed by atoms with E-state index in [2.05, 4.69) is 9.71 Å². The summed E-state index contributed by atoms with van der Waals surface area (Å²) in [6.07, 6.45) is 1.35. The molecule has 0 fully saturated rings. The van der Waals surface area contributed by atoms with Crippen molar-refractivity contribution in [3.8, 4) is 6.07 Å². The number of nitrogens with one attached hydrogen (secondary N) is 1. The lowest BCUT2D eigenvalue weighted by Gasteiger charge is -2.07. The molecule has 0 bridgehead atoms. The zero-order valence-corrected chi connectivity index (χ0v) is 10.6. The van der Waals surface area contributed by atoms with Gasteiger partial charge in [-0.15, -0.1) is 0 Å². The van der Waals surface area contributed by atoms with Crippen LogP contribution in [0, 0.1) is 11.3 Å². The van der Waals surface area contributed by atoms with Crippen LogP contribution in [0.2, 0.25) is 0 Å². The van der Waals surface area contributed by atoms with Gasteiger partial charge in [0.15, 0.2) is 0 Å². The quantitative estimate of drug-likeness (QED) is 0.877. The lowest BCUT2D eigenvalue weighted by molar-refractivity contribution is 0.601. The molecule has 0 aliphatic heterocycles. The van der Waals surface area contributed by atoms with Crippen LogP contribution in [0.15, 0.2) is 47.5 Å². The highest BCUT2D eigenvalue weighted by Gasteiger charge is 2.15. The van der Waals surface area contributed by atoms with Gasteiger partial charge in [0, 0.05) is 0 Å². The van der Waals surface area contributed by atoms with Crippen LogP contribution in [0.3, 0.4) is 0 Å². The second-order valence-electron chi connectivity index (χ2n) is 3.72. The van der Waals surface area contributed by atoms with Crippen LogP contribution < -0.4 is 10.5 Å². The summed E-state index contributed by atoms with van der Waals surface area (Å²) in [7, 11) is -3.76. The van der Waals surface area contributed by atoms with E-state index in [0.717, 1.165) is 0 Å². The zero-order valence-electron chi connectivity index (χ0n) is 9.74. The fraction of sp³-hybridized carbons (Fsp3) is 0. The molecule has 1 aromatic heterocycles. The topological polar surface area (TPSA) is 109 Å². The summed E-state index contributed by atoms with van der Waals surface area (Å²) < 4.78 is 26.4. The highest BCUT2D eigenvalue weighted by molar-refractivity contribution is 7.92. The van der Waals surface area contributed by atoms with Gasteiger partial charge in [-0.3, -0.25) is 4.72 Å². The SMILES string of the molecule is N#Cc1cccc(S(=O)(=O)Nc2ccc(N)cn2)c1. The third kappa shape index (κ3) is 3.00.